The second-order valence-corrected chi connectivity index (χ2v) is 4.75. The number of halogens is 2. The first-order valence-corrected chi connectivity index (χ1v) is 6.02. The summed E-state index contributed by atoms with van der Waals surface area (Å²) in [5, 5.41) is 0.362. The van der Waals surface area contributed by atoms with Crippen molar-refractivity contribution < 1.29 is 0 Å². The van der Waals surface area contributed by atoms with E-state index in [1.807, 2.05) is 22.8 Å². The fourth-order valence-corrected chi connectivity index (χ4v) is 2.11. The van der Waals surface area contributed by atoms with Crippen LogP contribution in [0, 0.1) is 0 Å². The largest absolute Gasteiger partial charge is 0.282 e. The molecule has 2 heterocycles. The van der Waals surface area contributed by atoms with Crippen LogP contribution in [0.5, 0.6) is 0 Å². The number of hydrogen-bond donors (Lipinski definition) is 0. The maximum absolute atomic E-state index is 5.82. The second kappa shape index (κ2) is 4.09. The van der Waals surface area contributed by atoms with Gasteiger partial charge in [-0.15, -0.1) is 0 Å². The molecule has 0 bridgehead atoms. The molecule has 0 saturated carbocycles. The lowest BCUT2D eigenvalue weighted by molar-refractivity contribution is 0.996. The van der Waals surface area contributed by atoms with E-state index in [0.717, 1.165) is 15.5 Å². The van der Waals surface area contributed by atoms with Crippen LogP contribution < -0.4 is 0 Å². The van der Waals surface area contributed by atoms with Crippen molar-refractivity contribution in [2.24, 2.45) is 0 Å². The van der Waals surface area contributed by atoms with Crippen LogP contribution in [0.1, 0.15) is 0 Å². The van der Waals surface area contributed by atoms with E-state index < -0.39 is 0 Å². The number of imidazole rings is 1. The number of benzene rings is 1. The lowest BCUT2D eigenvalue weighted by Crippen LogP contribution is -1.96. The predicted molar refractivity (Wildman–Crippen MR) is 69.4 cm³/mol. The Hall–Kier alpha value is -1.46. The quantitative estimate of drug-likeness (QED) is 0.693. The summed E-state index contributed by atoms with van der Waals surface area (Å²) >= 11 is 9.23. The molecule has 0 aliphatic heterocycles. The van der Waals surface area contributed by atoms with Crippen molar-refractivity contribution in [2.75, 3.05) is 0 Å². The van der Waals surface area contributed by atoms with Crippen molar-refractivity contribution in [3.05, 3.63) is 46.5 Å². The van der Waals surface area contributed by atoms with Crippen LogP contribution in [0.25, 0.3) is 16.9 Å². The topological polar surface area (TPSA) is 43.6 Å². The normalized spacial score (nSPS) is 10.9. The van der Waals surface area contributed by atoms with Gasteiger partial charge in [0.05, 0.1) is 23.4 Å². The van der Waals surface area contributed by atoms with Crippen LogP contribution in [0.3, 0.4) is 0 Å². The average Bonchev–Trinajstić information content (AvgIpc) is 2.71. The first kappa shape index (κ1) is 10.7. The van der Waals surface area contributed by atoms with E-state index in [4.69, 9.17) is 11.6 Å². The third-order valence-corrected chi connectivity index (χ3v) is 3.02. The molecule has 0 aliphatic carbocycles. The van der Waals surface area contributed by atoms with Crippen LogP contribution in [-0.2, 0) is 0 Å². The Kier molecular flexibility index (Phi) is 2.57. The Morgan fingerprint density at radius 2 is 2.12 bits per heavy atom. The van der Waals surface area contributed by atoms with Crippen LogP contribution >= 0.6 is 27.5 Å². The van der Waals surface area contributed by atoms with Gasteiger partial charge in [0.15, 0.2) is 5.82 Å². The van der Waals surface area contributed by atoms with Crippen molar-refractivity contribution >= 4 is 38.6 Å². The summed E-state index contributed by atoms with van der Waals surface area (Å²) in [6.45, 7) is 0. The van der Waals surface area contributed by atoms with Crippen LogP contribution in [0.2, 0.25) is 5.15 Å². The molecular formula is C11H6BrClN4. The Labute approximate surface area is 110 Å². The van der Waals surface area contributed by atoms with Gasteiger partial charge in [-0.05, 0) is 18.2 Å². The van der Waals surface area contributed by atoms with Gasteiger partial charge < -0.3 is 0 Å². The van der Waals surface area contributed by atoms with Gasteiger partial charge in [-0.25, -0.2) is 9.97 Å². The van der Waals surface area contributed by atoms with Crippen molar-refractivity contribution in [3.63, 3.8) is 0 Å². The van der Waals surface area contributed by atoms with Gasteiger partial charge in [-0.3, -0.25) is 9.55 Å². The second-order valence-electron chi connectivity index (χ2n) is 3.45. The minimum atomic E-state index is 0.362. The van der Waals surface area contributed by atoms with E-state index in [1.54, 1.807) is 12.5 Å². The zero-order valence-corrected chi connectivity index (χ0v) is 10.9. The Morgan fingerprint density at radius 1 is 1.24 bits per heavy atom. The third-order valence-electron chi connectivity index (χ3n) is 2.35. The van der Waals surface area contributed by atoms with Crippen molar-refractivity contribution in [1.29, 1.82) is 0 Å². The first-order chi connectivity index (χ1) is 8.24. The van der Waals surface area contributed by atoms with Gasteiger partial charge in [0.25, 0.3) is 0 Å². The van der Waals surface area contributed by atoms with Gasteiger partial charge in [0.2, 0.25) is 0 Å². The third kappa shape index (κ3) is 1.92. The summed E-state index contributed by atoms with van der Waals surface area (Å²) in [4.78, 5) is 12.5. The van der Waals surface area contributed by atoms with Crippen LogP contribution in [0.15, 0.2) is 41.4 Å². The van der Waals surface area contributed by atoms with E-state index in [0.29, 0.717) is 11.0 Å². The van der Waals surface area contributed by atoms with Crippen molar-refractivity contribution in [3.8, 4) is 5.82 Å². The molecule has 0 fully saturated rings. The molecule has 0 atom stereocenters. The van der Waals surface area contributed by atoms with E-state index in [9.17, 15) is 0 Å². The Morgan fingerprint density at radius 3 is 2.94 bits per heavy atom. The maximum atomic E-state index is 5.82. The lowest BCUT2D eigenvalue weighted by atomic mass is 10.3. The highest BCUT2D eigenvalue weighted by Crippen LogP contribution is 2.21. The molecular weight excluding hydrogens is 304 g/mol. The molecule has 0 saturated heterocycles. The van der Waals surface area contributed by atoms with E-state index >= 15 is 0 Å². The van der Waals surface area contributed by atoms with E-state index in [1.165, 1.54) is 6.20 Å². The number of aromatic nitrogens is 4. The Balaban J connectivity index is 2.24. The zero-order chi connectivity index (χ0) is 11.8. The molecule has 0 unspecified atom stereocenters. The summed E-state index contributed by atoms with van der Waals surface area (Å²) < 4.78 is 2.84. The minimum absolute atomic E-state index is 0.362. The molecule has 2 aromatic heterocycles. The van der Waals surface area contributed by atoms with Gasteiger partial charge in [-0.1, -0.05) is 27.5 Å². The van der Waals surface area contributed by atoms with Crippen LogP contribution in [-0.4, -0.2) is 19.5 Å². The lowest BCUT2D eigenvalue weighted by Gasteiger charge is -2.02. The highest BCUT2D eigenvalue weighted by atomic mass is 79.9. The fourth-order valence-electron chi connectivity index (χ4n) is 1.62. The highest BCUT2D eigenvalue weighted by molar-refractivity contribution is 9.10. The summed E-state index contributed by atoms with van der Waals surface area (Å²) in [6, 6.07) is 5.87. The number of rotatable bonds is 1. The average molecular weight is 310 g/mol. The molecule has 17 heavy (non-hydrogen) atoms. The van der Waals surface area contributed by atoms with E-state index in [-0.39, 0.29) is 0 Å². The van der Waals surface area contributed by atoms with Gasteiger partial charge >= 0.3 is 0 Å². The molecule has 1 aromatic carbocycles. The molecule has 4 nitrogen and oxygen atoms in total. The fraction of sp³-hybridized carbons (Fsp3) is 0. The van der Waals surface area contributed by atoms with Gasteiger partial charge in [0.1, 0.15) is 11.5 Å². The maximum Gasteiger partial charge on any atom is 0.158 e. The van der Waals surface area contributed by atoms with Gasteiger partial charge in [0, 0.05) is 4.47 Å². The molecule has 0 amide bonds. The molecule has 0 aliphatic rings. The first-order valence-electron chi connectivity index (χ1n) is 4.84. The molecule has 3 rings (SSSR count). The van der Waals surface area contributed by atoms with Crippen LogP contribution in [0.4, 0.5) is 0 Å². The smallest absolute Gasteiger partial charge is 0.158 e. The zero-order valence-electron chi connectivity index (χ0n) is 8.51. The molecule has 3 aromatic rings. The molecule has 0 N–H and O–H groups in total. The summed E-state index contributed by atoms with van der Waals surface area (Å²) in [6.07, 6.45) is 4.85. The molecule has 6 heteroatoms. The minimum Gasteiger partial charge on any atom is -0.282 e. The predicted octanol–water partition coefficient (Wildman–Crippen LogP) is 3.23. The van der Waals surface area contributed by atoms with E-state index in [2.05, 4.69) is 30.9 Å². The standard InChI is InChI=1S/C11H6BrClN4/c12-7-1-2-9-8(3-7)15-6-17(9)11-5-14-4-10(13)16-11/h1-6H. The summed E-state index contributed by atoms with van der Waals surface area (Å²) in [5.74, 6) is 0.655. The van der Waals surface area contributed by atoms with Crippen molar-refractivity contribution in [1.82, 2.24) is 19.5 Å². The number of fused-ring (bicyclic) bond motifs is 1. The molecule has 0 spiro atoms. The van der Waals surface area contributed by atoms with Crippen molar-refractivity contribution in [2.45, 2.75) is 0 Å². The molecule has 84 valence electrons. The number of nitrogens with zero attached hydrogens (tertiary/aromatic N) is 4. The summed E-state index contributed by atoms with van der Waals surface area (Å²) in [7, 11) is 0. The number of hydrogen-bond acceptors (Lipinski definition) is 3. The highest BCUT2D eigenvalue weighted by Gasteiger charge is 2.06. The van der Waals surface area contributed by atoms with Gasteiger partial charge in [-0.2, -0.15) is 0 Å². The Bertz CT molecular complexity index is 695. The summed E-state index contributed by atoms with van der Waals surface area (Å²) in [5.41, 5.74) is 1.85. The monoisotopic (exact) mass is 308 g/mol. The molecule has 0 radical (unpaired) electrons. The SMILES string of the molecule is Clc1cncc(-n2cnc3cc(Br)ccc32)n1.